The predicted molar refractivity (Wildman–Crippen MR) is 76.1 cm³/mol. The van der Waals surface area contributed by atoms with Crippen LogP contribution in [-0.4, -0.2) is 42.8 Å². The molecule has 1 aromatic rings. The number of nitrogens with zero attached hydrogens (tertiary/aromatic N) is 1. The van der Waals surface area contributed by atoms with Crippen LogP contribution in [0.5, 0.6) is 0 Å². The maximum atomic E-state index is 11.9. The van der Waals surface area contributed by atoms with Crippen LogP contribution in [-0.2, 0) is 9.53 Å². The summed E-state index contributed by atoms with van der Waals surface area (Å²) in [7, 11) is 0. The lowest BCUT2D eigenvalue weighted by molar-refractivity contribution is -0.384. The number of nitro groups is 1. The number of hydrogen-bond donors (Lipinski definition) is 2. The molecule has 0 aliphatic carbocycles. The normalized spacial score (nSPS) is 12.5. The van der Waals surface area contributed by atoms with Crippen LogP contribution in [0.1, 0.15) is 6.92 Å². The third-order valence-electron chi connectivity index (χ3n) is 2.70. The Morgan fingerprint density at radius 3 is 2.43 bits per heavy atom. The van der Waals surface area contributed by atoms with E-state index in [1.807, 2.05) is 0 Å². The van der Waals surface area contributed by atoms with Gasteiger partial charge in [-0.05, 0) is 19.1 Å². The van der Waals surface area contributed by atoms with Crippen molar-refractivity contribution >= 4 is 17.3 Å². The molecule has 1 atom stereocenters. The van der Waals surface area contributed by atoms with E-state index in [1.165, 1.54) is 31.2 Å². The summed E-state index contributed by atoms with van der Waals surface area (Å²) >= 11 is 0. The third-order valence-corrected chi connectivity index (χ3v) is 2.70. The molecule has 1 unspecified atom stereocenters. The van der Waals surface area contributed by atoms with Gasteiger partial charge in [-0.15, -0.1) is 0 Å². The van der Waals surface area contributed by atoms with Crippen molar-refractivity contribution in [3.8, 4) is 0 Å². The number of alkyl halides is 3. The first-order chi connectivity index (χ1) is 10.7. The molecular formula is C13H16F3N3O4. The number of non-ortho nitro benzene ring substituents is 1. The molecule has 2 N–H and O–H groups in total. The van der Waals surface area contributed by atoms with E-state index in [0.29, 0.717) is 12.2 Å². The minimum Gasteiger partial charge on any atom is -0.383 e. The lowest BCUT2D eigenvalue weighted by Crippen LogP contribution is -2.38. The number of nitro benzene ring substituents is 1. The minimum absolute atomic E-state index is 0.0421. The SMILES string of the molecule is CC(OCC(F)(F)F)C(=O)NCCNc1ccc([N+](=O)[O-])cc1. The number of nitrogens with one attached hydrogen (secondary N) is 2. The van der Waals surface area contributed by atoms with Gasteiger partial charge in [0.1, 0.15) is 12.7 Å². The molecule has 128 valence electrons. The van der Waals surface area contributed by atoms with Gasteiger partial charge in [-0.2, -0.15) is 13.2 Å². The molecule has 23 heavy (non-hydrogen) atoms. The van der Waals surface area contributed by atoms with Crippen molar-refractivity contribution in [3.05, 3.63) is 34.4 Å². The van der Waals surface area contributed by atoms with Crippen molar-refractivity contribution in [2.75, 3.05) is 25.0 Å². The number of ether oxygens (including phenoxy) is 1. The zero-order valence-corrected chi connectivity index (χ0v) is 12.2. The van der Waals surface area contributed by atoms with E-state index < -0.39 is 29.7 Å². The van der Waals surface area contributed by atoms with Gasteiger partial charge >= 0.3 is 6.18 Å². The molecule has 1 rings (SSSR count). The maximum Gasteiger partial charge on any atom is 0.411 e. The summed E-state index contributed by atoms with van der Waals surface area (Å²) in [5.74, 6) is -0.653. The van der Waals surface area contributed by atoms with Gasteiger partial charge in [-0.1, -0.05) is 0 Å². The second-order valence-corrected chi connectivity index (χ2v) is 4.59. The van der Waals surface area contributed by atoms with Gasteiger partial charge < -0.3 is 15.4 Å². The first-order valence-corrected chi connectivity index (χ1v) is 6.63. The van der Waals surface area contributed by atoms with Crippen LogP contribution in [0, 0.1) is 10.1 Å². The molecule has 0 aliphatic rings. The average molecular weight is 335 g/mol. The van der Waals surface area contributed by atoms with Crippen LogP contribution < -0.4 is 10.6 Å². The molecule has 0 fully saturated rings. The lowest BCUT2D eigenvalue weighted by atomic mass is 10.3. The molecule has 0 radical (unpaired) electrons. The molecule has 0 saturated heterocycles. The molecule has 0 aromatic heterocycles. The Morgan fingerprint density at radius 1 is 1.30 bits per heavy atom. The number of amides is 1. The van der Waals surface area contributed by atoms with Crippen molar-refractivity contribution < 1.29 is 27.6 Å². The van der Waals surface area contributed by atoms with Crippen molar-refractivity contribution in [2.45, 2.75) is 19.2 Å². The van der Waals surface area contributed by atoms with Crippen molar-refractivity contribution in [1.82, 2.24) is 5.32 Å². The van der Waals surface area contributed by atoms with Crippen LogP contribution in [0.15, 0.2) is 24.3 Å². The molecule has 1 aromatic carbocycles. The van der Waals surface area contributed by atoms with Gasteiger partial charge in [0, 0.05) is 30.9 Å². The van der Waals surface area contributed by atoms with E-state index in [0.717, 1.165) is 0 Å². The fourth-order valence-electron chi connectivity index (χ4n) is 1.53. The minimum atomic E-state index is -4.48. The second kappa shape index (κ2) is 8.32. The highest BCUT2D eigenvalue weighted by atomic mass is 19.4. The summed E-state index contributed by atoms with van der Waals surface area (Å²) < 4.78 is 40.2. The maximum absolute atomic E-state index is 11.9. The van der Waals surface area contributed by atoms with Gasteiger partial charge in [-0.3, -0.25) is 14.9 Å². The van der Waals surface area contributed by atoms with Crippen molar-refractivity contribution in [1.29, 1.82) is 0 Å². The van der Waals surface area contributed by atoms with E-state index in [2.05, 4.69) is 15.4 Å². The average Bonchev–Trinajstić information content (AvgIpc) is 2.48. The summed E-state index contributed by atoms with van der Waals surface area (Å²) in [6.45, 7) is 0.207. The zero-order valence-electron chi connectivity index (χ0n) is 12.2. The molecule has 0 aliphatic heterocycles. The van der Waals surface area contributed by atoms with E-state index in [9.17, 15) is 28.1 Å². The van der Waals surface area contributed by atoms with Gasteiger partial charge in [0.15, 0.2) is 0 Å². The smallest absolute Gasteiger partial charge is 0.383 e. The van der Waals surface area contributed by atoms with Crippen molar-refractivity contribution in [2.24, 2.45) is 0 Å². The number of carbonyl (C=O) groups is 1. The lowest BCUT2D eigenvalue weighted by Gasteiger charge is -2.15. The Hall–Kier alpha value is -2.36. The highest BCUT2D eigenvalue weighted by molar-refractivity contribution is 5.80. The Bertz CT molecular complexity index is 534. The van der Waals surface area contributed by atoms with Gasteiger partial charge in [0.2, 0.25) is 5.91 Å². The largest absolute Gasteiger partial charge is 0.411 e. The number of rotatable bonds is 8. The molecule has 1 amide bonds. The number of carbonyl (C=O) groups excluding carboxylic acids is 1. The van der Waals surface area contributed by atoms with Gasteiger partial charge in [-0.25, -0.2) is 0 Å². The number of anilines is 1. The molecule has 0 spiro atoms. The standard InChI is InChI=1S/C13H16F3N3O4/c1-9(23-8-13(14,15)16)12(20)18-7-6-17-10-2-4-11(5-3-10)19(21)22/h2-5,9,17H,6-8H2,1H3,(H,18,20). The van der Waals surface area contributed by atoms with Gasteiger partial charge in [0.05, 0.1) is 4.92 Å². The second-order valence-electron chi connectivity index (χ2n) is 4.59. The summed E-state index contributed by atoms with van der Waals surface area (Å²) in [5, 5.41) is 15.8. The van der Waals surface area contributed by atoms with Crippen LogP contribution in [0.4, 0.5) is 24.5 Å². The predicted octanol–water partition coefficient (Wildman–Crippen LogP) is 2.09. The Balaban J connectivity index is 2.25. The summed E-state index contributed by atoms with van der Waals surface area (Å²) in [4.78, 5) is 21.4. The third kappa shape index (κ3) is 7.45. The van der Waals surface area contributed by atoms with Crippen LogP contribution in [0.25, 0.3) is 0 Å². The van der Waals surface area contributed by atoms with Crippen LogP contribution >= 0.6 is 0 Å². The first kappa shape index (κ1) is 18.7. The molecule has 7 nitrogen and oxygen atoms in total. The fraction of sp³-hybridized carbons (Fsp3) is 0.462. The highest BCUT2D eigenvalue weighted by Gasteiger charge is 2.29. The Kier molecular flexibility index (Phi) is 6.76. The molecule has 0 heterocycles. The molecular weight excluding hydrogens is 319 g/mol. The molecule has 0 bridgehead atoms. The highest BCUT2D eigenvalue weighted by Crippen LogP contribution is 2.16. The molecule has 0 saturated carbocycles. The van der Waals surface area contributed by atoms with E-state index in [4.69, 9.17) is 0 Å². The first-order valence-electron chi connectivity index (χ1n) is 6.63. The van der Waals surface area contributed by atoms with Gasteiger partial charge in [0.25, 0.3) is 5.69 Å². The number of hydrogen-bond acceptors (Lipinski definition) is 5. The van der Waals surface area contributed by atoms with E-state index in [-0.39, 0.29) is 12.2 Å². The Labute approximate surface area is 130 Å². The fourth-order valence-corrected chi connectivity index (χ4v) is 1.53. The monoisotopic (exact) mass is 335 g/mol. The number of benzene rings is 1. The van der Waals surface area contributed by atoms with Crippen molar-refractivity contribution in [3.63, 3.8) is 0 Å². The van der Waals surface area contributed by atoms with E-state index in [1.54, 1.807) is 0 Å². The summed E-state index contributed by atoms with van der Waals surface area (Å²) in [6, 6.07) is 5.67. The van der Waals surface area contributed by atoms with E-state index >= 15 is 0 Å². The van der Waals surface area contributed by atoms with Crippen LogP contribution in [0.3, 0.4) is 0 Å². The quantitative estimate of drug-likeness (QED) is 0.431. The zero-order chi connectivity index (χ0) is 17.5. The number of halogens is 3. The molecule has 10 heteroatoms. The van der Waals surface area contributed by atoms with Crippen LogP contribution in [0.2, 0.25) is 0 Å². The summed E-state index contributed by atoms with van der Waals surface area (Å²) in [5.41, 5.74) is 0.575. The summed E-state index contributed by atoms with van der Waals surface area (Å²) in [6.07, 6.45) is -5.69. The Morgan fingerprint density at radius 2 is 1.91 bits per heavy atom. The topological polar surface area (TPSA) is 93.5 Å².